The van der Waals surface area contributed by atoms with E-state index >= 15 is 0 Å². The largest absolute Gasteiger partial charge is 0.373 e. The predicted molar refractivity (Wildman–Crippen MR) is 82.1 cm³/mol. The lowest BCUT2D eigenvalue weighted by atomic mass is 10.2. The highest BCUT2D eigenvalue weighted by molar-refractivity contribution is 7.10. The molecule has 0 fully saturated rings. The first-order valence-electron chi connectivity index (χ1n) is 6.47. The highest BCUT2D eigenvalue weighted by Gasteiger charge is 2.09. The summed E-state index contributed by atoms with van der Waals surface area (Å²) in [5.74, 6) is 2.68. The van der Waals surface area contributed by atoms with Crippen molar-refractivity contribution in [3.05, 3.63) is 33.3 Å². The maximum absolute atomic E-state index is 4.57. The van der Waals surface area contributed by atoms with E-state index in [0.29, 0.717) is 0 Å². The molecule has 2 rings (SSSR count). The first kappa shape index (κ1) is 13.8. The van der Waals surface area contributed by atoms with Crippen LogP contribution in [0.3, 0.4) is 0 Å². The topological polar surface area (TPSA) is 49.8 Å². The minimum Gasteiger partial charge on any atom is -0.373 e. The Balaban J connectivity index is 2.22. The molecule has 0 bridgehead atoms. The van der Waals surface area contributed by atoms with Crippen LogP contribution in [0, 0.1) is 13.8 Å². The standard InChI is InChI=1S/C14H20N4S/c1-5-12-17-13(15-4)10(3)14(18-12)16-8-11-9(2)6-7-19-11/h6-7H,5,8H2,1-4H3,(H2,15,16,17,18). The van der Waals surface area contributed by atoms with Crippen LogP contribution >= 0.6 is 11.3 Å². The van der Waals surface area contributed by atoms with E-state index in [9.17, 15) is 0 Å². The van der Waals surface area contributed by atoms with Crippen molar-refractivity contribution in [1.29, 1.82) is 0 Å². The van der Waals surface area contributed by atoms with E-state index in [2.05, 4.69) is 45.9 Å². The average Bonchev–Trinajstić information content (AvgIpc) is 2.83. The van der Waals surface area contributed by atoms with E-state index < -0.39 is 0 Å². The molecule has 4 nitrogen and oxygen atoms in total. The zero-order valence-corrected chi connectivity index (χ0v) is 12.7. The molecule has 0 spiro atoms. The molecule has 0 aliphatic heterocycles. The molecule has 5 heteroatoms. The summed E-state index contributed by atoms with van der Waals surface area (Å²) in [5, 5.41) is 8.67. The van der Waals surface area contributed by atoms with Gasteiger partial charge in [-0.15, -0.1) is 11.3 Å². The number of aryl methyl sites for hydroxylation is 2. The van der Waals surface area contributed by atoms with Gasteiger partial charge in [-0.05, 0) is 30.9 Å². The molecule has 2 N–H and O–H groups in total. The van der Waals surface area contributed by atoms with Crippen LogP contribution in [-0.2, 0) is 13.0 Å². The summed E-state index contributed by atoms with van der Waals surface area (Å²) in [6, 6.07) is 2.14. The van der Waals surface area contributed by atoms with Crippen molar-refractivity contribution in [3.63, 3.8) is 0 Å². The average molecular weight is 276 g/mol. The molecule has 0 aliphatic carbocycles. The number of aromatic nitrogens is 2. The number of rotatable bonds is 5. The van der Waals surface area contributed by atoms with Gasteiger partial charge in [0.1, 0.15) is 17.5 Å². The maximum atomic E-state index is 4.57. The monoisotopic (exact) mass is 276 g/mol. The molecule has 0 aromatic carbocycles. The summed E-state index contributed by atoms with van der Waals surface area (Å²) in [5.41, 5.74) is 2.39. The van der Waals surface area contributed by atoms with E-state index in [1.54, 1.807) is 11.3 Å². The van der Waals surface area contributed by atoms with Crippen LogP contribution in [0.15, 0.2) is 11.4 Å². The summed E-state index contributed by atoms with van der Waals surface area (Å²) in [6.45, 7) is 7.05. The Labute approximate surface area is 118 Å². The summed E-state index contributed by atoms with van der Waals surface area (Å²) in [6.07, 6.45) is 0.835. The number of nitrogens with zero attached hydrogens (tertiary/aromatic N) is 2. The number of nitrogens with one attached hydrogen (secondary N) is 2. The smallest absolute Gasteiger partial charge is 0.135 e. The van der Waals surface area contributed by atoms with Gasteiger partial charge in [0, 0.05) is 23.9 Å². The minimum atomic E-state index is 0.813. The van der Waals surface area contributed by atoms with Gasteiger partial charge < -0.3 is 10.6 Å². The number of hydrogen-bond acceptors (Lipinski definition) is 5. The quantitative estimate of drug-likeness (QED) is 0.879. The van der Waals surface area contributed by atoms with Crippen molar-refractivity contribution >= 4 is 23.0 Å². The minimum absolute atomic E-state index is 0.813. The normalized spacial score (nSPS) is 10.5. The van der Waals surface area contributed by atoms with E-state index in [4.69, 9.17) is 0 Å². The van der Waals surface area contributed by atoms with Gasteiger partial charge in [-0.3, -0.25) is 0 Å². The first-order chi connectivity index (χ1) is 9.15. The molecule has 0 radical (unpaired) electrons. The molecular formula is C14H20N4S. The van der Waals surface area contributed by atoms with E-state index in [1.165, 1.54) is 10.4 Å². The first-order valence-corrected chi connectivity index (χ1v) is 7.35. The lowest BCUT2D eigenvalue weighted by Crippen LogP contribution is -2.09. The SMILES string of the molecule is CCc1nc(NC)c(C)c(NCc2sccc2C)n1. The van der Waals surface area contributed by atoms with E-state index in [-0.39, 0.29) is 0 Å². The van der Waals surface area contributed by atoms with Crippen molar-refractivity contribution in [2.24, 2.45) is 0 Å². The number of anilines is 2. The molecule has 102 valence electrons. The predicted octanol–water partition coefficient (Wildman–Crippen LogP) is 3.37. The van der Waals surface area contributed by atoms with Crippen LogP contribution in [0.4, 0.5) is 11.6 Å². The van der Waals surface area contributed by atoms with Gasteiger partial charge in [0.05, 0.1) is 6.54 Å². The number of thiophene rings is 1. The van der Waals surface area contributed by atoms with Crippen molar-refractivity contribution in [2.75, 3.05) is 17.7 Å². The van der Waals surface area contributed by atoms with Gasteiger partial charge in [-0.25, -0.2) is 9.97 Å². The van der Waals surface area contributed by atoms with Crippen LogP contribution in [0.1, 0.15) is 28.8 Å². The Morgan fingerprint density at radius 3 is 2.53 bits per heavy atom. The molecule has 0 aliphatic rings. The zero-order chi connectivity index (χ0) is 13.8. The van der Waals surface area contributed by atoms with Crippen LogP contribution in [0.2, 0.25) is 0 Å². The third kappa shape index (κ3) is 3.04. The zero-order valence-electron chi connectivity index (χ0n) is 11.9. The molecule has 2 aromatic rings. The van der Waals surface area contributed by atoms with Gasteiger partial charge in [-0.1, -0.05) is 6.92 Å². The summed E-state index contributed by atoms with van der Waals surface area (Å²) >= 11 is 1.77. The van der Waals surface area contributed by atoms with E-state index in [0.717, 1.165) is 36.0 Å². The van der Waals surface area contributed by atoms with Crippen molar-refractivity contribution in [2.45, 2.75) is 33.7 Å². The van der Waals surface area contributed by atoms with Crippen LogP contribution in [-0.4, -0.2) is 17.0 Å². The molecule has 2 heterocycles. The summed E-state index contributed by atoms with van der Waals surface area (Å²) in [7, 11) is 1.89. The Kier molecular flexibility index (Phi) is 4.37. The van der Waals surface area contributed by atoms with Gasteiger partial charge in [-0.2, -0.15) is 0 Å². The summed E-state index contributed by atoms with van der Waals surface area (Å²) in [4.78, 5) is 10.4. The highest BCUT2D eigenvalue weighted by Crippen LogP contribution is 2.22. The molecule has 0 unspecified atom stereocenters. The van der Waals surface area contributed by atoms with Crippen molar-refractivity contribution in [1.82, 2.24) is 9.97 Å². The number of hydrogen-bond donors (Lipinski definition) is 2. The van der Waals surface area contributed by atoms with Gasteiger partial charge in [0.25, 0.3) is 0 Å². The second kappa shape index (κ2) is 6.02. The Morgan fingerprint density at radius 2 is 1.95 bits per heavy atom. The molecule has 2 aromatic heterocycles. The fraction of sp³-hybridized carbons (Fsp3) is 0.429. The molecule has 0 saturated carbocycles. The van der Waals surface area contributed by atoms with Gasteiger partial charge in [0.15, 0.2) is 0 Å². The van der Waals surface area contributed by atoms with E-state index in [1.807, 2.05) is 14.0 Å². The molecule has 0 saturated heterocycles. The van der Waals surface area contributed by atoms with Crippen LogP contribution in [0.25, 0.3) is 0 Å². The van der Waals surface area contributed by atoms with Gasteiger partial charge >= 0.3 is 0 Å². The Bertz CT molecular complexity index is 563. The molecule has 0 amide bonds. The van der Waals surface area contributed by atoms with Crippen LogP contribution < -0.4 is 10.6 Å². The molecular weight excluding hydrogens is 256 g/mol. The fourth-order valence-corrected chi connectivity index (χ4v) is 2.73. The second-order valence-corrected chi connectivity index (χ2v) is 5.45. The van der Waals surface area contributed by atoms with Gasteiger partial charge in [0.2, 0.25) is 0 Å². The van der Waals surface area contributed by atoms with Crippen molar-refractivity contribution < 1.29 is 0 Å². The fourth-order valence-electron chi connectivity index (χ4n) is 1.89. The van der Waals surface area contributed by atoms with Crippen LogP contribution in [0.5, 0.6) is 0 Å². The lowest BCUT2D eigenvalue weighted by Gasteiger charge is -2.13. The lowest BCUT2D eigenvalue weighted by molar-refractivity contribution is 0.925. The molecule has 19 heavy (non-hydrogen) atoms. The highest BCUT2D eigenvalue weighted by atomic mass is 32.1. The molecule has 0 atom stereocenters. The third-order valence-electron chi connectivity index (χ3n) is 3.13. The second-order valence-electron chi connectivity index (χ2n) is 4.45. The van der Waals surface area contributed by atoms with Crippen molar-refractivity contribution in [3.8, 4) is 0 Å². The summed E-state index contributed by atoms with van der Waals surface area (Å²) < 4.78 is 0. The maximum Gasteiger partial charge on any atom is 0.135 e. The Hall–Kier alpha value is -1.62. The third-order valence-corrected chi connectivity index (χ3v) is 4.15. The Morgan fingerprint density at radius 1 is 1.21 bits per heavy atom.